The van der Waals surface area contributed by atoms with Crippen molar-refractivity contribution in [1.29, 1.82) is 0 Å². The average Bonchev–Trinajstić information content (AvgIpc) is 3.20. The number of nitrogens with zero attached hydrogens (tertiary/aromatic N) is 5. The fraction of sp³-hybridized carbons (Fsp3) is 0.375. The molecular weight excluding hydrogens is 448 g/mol. The zero-order valence-electron chi connectivity index (χ0n) is 14.5. The van der Waals surface area contributed by atoms with E-state index in [0.29, 0.717) is 30.1 Å². The minimum Gasteiger partial charge on any atom is -0.351 e. The second-order valence-corrected chi connectivity index (χ2v) is 6.80. The molecule has 0 unspecified atom stereocenters. The zero-order chi connectivity index (χ0) is 20.4. The van der Waals surface area contributed by atoms with E-state index >= 15 is 0 Å². The van der Waals surface area contributed by atoms with Crippen LogP contribution in [0.1, 0.15) is 46.8 Å². The lowest BCUT2D eigenvalue weighted by atomic mass is 10.3. The lowest BCUT2D eigenvalue weighted by Crippen LogP contribution is -2.25. The second kappa shape index (κ2) is 8.25. The quantitative estimate of drug-likeness (QED) is 0.429. The van der Waals surface area contributed by atoms with Gasteiger partial charge in [-0.05, 0) is 35.3 Å². The van der Waals surface area contributed by atoms with E-state index < -0.39 is 30.1 Å². The largest absolute Gasteiger partial charge is 0.351 e. The van der Waals surface area contributed by atoms with Gasteiger partial charge >= 0.3 is 0 Å². The summed E-state index contributed by atoms with van der Waals surface area (Å²) < 4.78 is 55.3. The molecule has 0 aromatic carbocycles. The van der Waals surface area contributed by atoms with Crippen LogP contribution in [0.4, 0.5) is 17.6 Å². The van der Waals surface area contributed by atoms with Crippen LogP contribution < -0.4 is 5.32 Å². The van der Waals surface area contributed by atoms with E-state index in [9.17, 15) is 22.4 Å². The number of alkyl halides is 4. The van der Waals surface area contributed by atoms with Crippen LogP contribution in [0.2, 0.25) is 0 Å². The minimum atomic E-state index is -3.05. The first kappa shape index (κ1) is 20.2. The van der Waals surface area contributed by atoms with Gasteiger partial charge in [-0.2, -0.15) is 10.2 Å². The number of carbonyl (C=O) groups is 1. The van der Waals surface area contributed by atoms with Crippen LogP contribution in [-0.4, -0.2) is 36.8 Å². The first-order valence-electron chi connectivity index (χ1n) is 8.21. The second-order valence-electron chi connectivity index (χ2n) is 5.94. The highest BCUT2D eigenvalue weighted by atomic mass is 79.9. The van der Waals surface area contributed by atoms with E-state index in [0.717, 1.165) is 16.2 Å². The molecule has 0 saturated heterocycles. The van der Waals surface area contributed by atoms with Gasteiger partial charge in [-0.25, -0.2) is 27.1 Å². The Labute approximate surface area is 164 Å². The Morgan fingerprint density at radius 2 is 1.96 bits per heavy atom. The molecule has 12 heteroatoms. The Morgan fingerprint density at radius 3 is 2.57 bits per heavy atom. The molecule has 0 aliphatic rings. The molecular formula is C16H15BrF4N6O. The van der Waals surface area contributed by atoms with Crippen molar-refractivity contribution in [3.05, 3.63) is 45.6 Å². The lowest BCUT2D eigenvalue weighted by molar-refractivity contribution is 0.0946. The maximum absolute atomic E-state index is 13.1. The Bertz CT molecular complexity index is 983. The normalized spacial score (nSPS) is 11.7. The van der Waals surface area contributed by atoms with Crippen molar-refractivity contribution >= 4 is 27.5 Å². The van der Waals surface area contributed by atoms with Crippen molar-refractivity contribution < 1.29 is 22.4 Å². The molecule has 0 radical (unpaired) electrons. The third-order valence-corrected chi connectivity index (χ3v) is 4.67. The van der Waals surface area contributed by atoms with Crippen LogP contribution in [0.25, 0.3) is 5.65 Å². The standard InChI is InChI=1S/C16H15BrF4N6O/c1-8-9(17)7-26(24-8)4-2-3-22-16(28)11-6-13-23-10(14(18)19)5-12(15(20)21)27(13)25-11/h5-7,14-15H,2-4H2,1H3,(H,22,28). The van der Waals surface area contributed by atoms with E-state index in [1.165, 1.54) is 0 Å². The Kier molecular flexibility index (Phi) is 5.96. The Balaban J connectivity index is 1.68. The summed E-state index contributed by atoms with van der Waals surface area (Å²) in [6.45, 7) is 2.71. The van der Waals surface area contributed by atoms with Gasteiger partial charge in [-0.1, -0.05) is 0 Å². The number of halogens is 5. The third kappa shape index (κ3) is 4.32. The maximum Gasteiger partial charge on any atom is 0.280 e. The molecule has 1 N–H and O–H groups in total. The molecule has 0 aliphatic carbocycles. The van der Waals surface area contributed by atoms with E-state index in [4.69, 9.17) is 0 Å². The van der Waals surface area contributed by atoms with Crippen molar-refractivity contribution in [2.45, 2.75) is 32.7 Å². The van der Waals surface area contributed by atoms with Crippen molar-refractivity contribution in [2.24, 2.45) is 0 Å². The molecule has 3 rings (SSSR count). The van der Waals surface area contributed by atoms with Crippen LogP contribution in [-0.2, 0) is 6.54 Å². The number of carbonyl (C=O) groups excluding carboxylic acids is 1. The van der Waals surface area contributed by atoms with E-state index in [1.807, 2.05) is 13.1 Å². The molecule has 3 aromatic heterocycles. The first-order chi connectivity index (χ1) is 13.3. The van der Waals surface area contributed by atoms with Gasteiger partial charge in [0.25, 0.3) is 18.8 Å². The van der Waals surface area contributed by atoms with Gasteiger partial charge < -0.3 is 5.32 Å². The van der Waals surface area contributed by atoms with Crippen LogP contribution in [0.15, 0.2) is 22.8 Å². The molecule has 0 saturated carbocycles. The predicted molar refractivity (Wildman–Crippen MR) is 94.5 cm³/mol. The summed E-state index contributed by atoms with van der Waals surface area (Å²) in [7, 11) is 0. The van der Waals surface area contributed by atoms with Crippen molar-refractivity contribution in [3.8, 4) is 0 Å². The molecule has 7 nitrogen and oxygen atoms in total. The van der Waals surface area contributed by atoms with Crippen LogP contribution >= 0.6 is 15.9 Å². The number of nitrogens with one attached hydrogen (secondary N) is 1. The summed E-state index contributed by atoms with van der Waals surface area (Å²) in [4.78, 5) is 15.8. The Morgan fingerprint density at radius 1 is 1.21 bits per heavy atom. The highest BCUT2D eigenvalue weighted by Gasteiger charge is 2.21. The monoisotopic (exact) mass is 462 g/mol. The van der Waals surface area contributed by atoms with E-state index in [-0.39, 0.29) is 11.3 Å². The fourth-order valence-electron chi connectivity index (χ4n) is 2.54. The van der Waals surface area contributed by atoms with Gasteiger partial charge in [0.15, 0.2) is 11.3 Å². The molecule has 1 amide bonds. The number of fused-ring (bicyclic) bond motifs is 1. The molecule has 0 bridgehead atoms. The molecule has 150 valence electrons. The van der Waals surface area contributed by atoms with Gasteiger partial charge in [0, 0.05) is 25.4 Å². The summed E-state index contributed by atoms with van der Waals surface area (Å²) in [5, 5.41) is 10.6. The predicted octanol–water partition coefficient (Wildman–Crippen LogP) is 3.69. The Hall–Kier alpha value is -2.50. The molecule has 0 atom stereocenters. The van der Waals surface area contributed by atoms with Crippen molar-refractivity contribution in [3.63, 3.8) is 0 Å². The molecule has 0 fully saturated rings. The van der Waals surface area contributed by atoms with E-state index in [2.05, 4.69) is 36.4 Å². The van der Waals surface area contributed by atoms with Crippen LogP contribution in [0.5, 0.6) is 0 Å². The molecule has 0 aliphatic heterocycles. The van der Waals surface area contributed by atoms with Gasteiger partial charge in [-0.15, -0.1) is 0 Å². The number of rotatable bonds is 7. The SMILES string of the molecule is Cc1nn(CCCNC(=O)c2cc3nc(C(F)F)cc(C(F)F)n3n2)cc1Br. The summed E-state index contributed by atoms with van der Waals surface area (Å²) in [5.74, 6) is -0.609. The molecule has 28 heavy (non-hydrogen) atoms. The number of aryl methyl sites for hydroxylation is 2. The van der Waals surface area contributed by atoms with Gasteiger partial charge in [0.05, 0.1) is 10.2 Å². The number of hydrogen-bond acceptors (Lipinski definition) is 4. The fourth-order valence-corrected chi connectivity index (χ4v) is 2.85. The minimum absolute atomic E-state index is 0.182. The number of hydrogen-bond donors (Lipinski definition) is 1. The summed E-state index contributed by atoms with van der Waals surface area (Å²) in [5.41, 5.74) is -1.12. The van der Waals surface area contributed by atoms with Crippen molar-refractivity contribution in [1.82, 2.24) is 29.7 Å². The first-order valence-corrected chi connectivity index (χ1v) is 9.00. The molecule has 3 heterocycles. The van der Waals surface area contributed by atoms with Crippen LogP contribution in [0.3, 0.4) is 0 Å². The van der Waals surface area contributed by atoms with Gasteiger partial charge in [0.2, 0.25) is 0 Å². The molecule has 3 aromatic rings. The average molecular weight is 463 g/mol. The van der Waals surface area contributed by atoms with Crippen molar-refractivity contribution in [2.75, 3.05) is 6.54 Å². The lowest BCUT2D eigenvalue weighted by Gasteiger charge is -2.06. The van der Waals surface area contributed by atoms with Crippen LogP contribution in [0, 0.1) is 6.92 Å². The number of aromatic nitrogens is 5. The van der Waals surface area contributed by atoms with Gasteiger partial charge in [-0.3, -0.25) is 9.48 Å². The number of amides is 1. The summed E-state index contributed by atoms with van der Waals surface area (Å²) >= 11 is 3.36. The van der Waals surface area contributed by atoms with E-state index in [1.54, 1.807) is 4.68 Å². The summed E-state index contributed by atoms with van der Waals surface area (Å²) in [6.07, 6.45) is -3.67. The smallest absolute Gasteiger partial charge is 0.280 e. The molecule has 0 spiro atoms. The third-order valence-electron chi connectivity index (χ3n) is 3.89. The zero-order valence-corrected chi connectivity index (χ0v) is 16.1. The maximum atomic E-state index is 13.1. The van der Waals surface area contributed by atoms with Gasteiger partial charge in [0.1, 0.15) is 11.4 Å². The summed E-state index contributed by atoms with van der Waals surface area (Å²) in [6, 6.07) is 1.68. The highest BCUT2D eigenvalue weighted by Crippen LogP contribution is 2.25. The topological polar surface area (TPSA) is 77.1 Å². The highest BCUT2D eigenvalue weighted by molar-refractivity contribution is 9.10.